The molecule has 1 saturated heterocycles. The van der Waals surface area contributed by atoms with Crippen molar-refractivity contribution in [3.63, 3.8) is 0 Å². The molecule has 2 fully saturated rings. The molecule has 1 heterocycles. The fourth-order valence-corrected chi connectivity index (χ4v) is 3.61. The van der Waals surface area contributed by atoms with Crippen molar-refractivity contribution in [2.45, 2.75) is 65.5 Å². The quantitative estimate of drug-likeness (QED) is 0.812. The van der Waals surface area contributed by atoms with Crippen molar-refractivity contribution in [2.75, 3.05) is 19.6 Å². The minimum absolute atomic E-state index is 0.696. The van der Waals surface area contributed by atoms with Gasteiger partial charge in [-0.15, -0.1) is 0 Å². The zero-order chi connectivity index (χ0) is 13.1. The normalized spacial score (nSPS) is 39.8. The van der Waals surface area contributed by atoms with Crippen LogP contribution in [-0.2, 0) is 0 Å². The lowest BCUT2D eigenvalue weighted by molar-refractivity contribution is 0.102. The summed E-state index contributed by atoms with van der Waals surface area (Å²) < 4.78 is 0. The molecule has 106 valence electrons. The maximum atomic E-state index is 3.73. The van der Waals surface area contributed by atoms with E-state index in [0.29, 0.717) is 6.04 Å². The van der Waals surface area contributed by atoms with Gasteiger partial charge < -0.3 is 5.32 Å². The van der Waals surface area contributed by atoms with Gasteiger partial charge in [-0.1, -0.05) is 27.7 Å². The monoisotopic (exact) mass is 252 g/mol. The van der Waals surface area contributed by atoms with Crippen LogP contribution < -0.4 is 5.32 Å². The predicted molar refractivity (Wildman–Crippen MR) is 78.8 cm³/mol. The first-order valence-electron chi connectivity index (χ1n) is 8.05. The summed E-state index contributed by atoms with van der Waals surface area (Å²) in [6.07, 6.45) is 5.61. The molecule has 0 aromatic carbocycles. The second kappa shape index (κ2) is 6.38. The first kappa shape index (κ1) is 14.3. The van der Waals surface area contributed by atoms with Gasteiger partial charge in [0.05, 0.1) is 0 Å². The molecular weight excluding hydrogens is 220 g/mol. The van der Waals surface area contributed by atoms with E-state index in [1.54, 1.807) is 0 Å². The van der Waals surface area contributed by atoms with Gasteiger partial charge in [0.2, 0.25) is 0 Å². The highest BCUT2D eigenvalue weighted by molar-refractivity contribution is 4.87. The lowest BCUT2D eigenvalue weighted by Gasteiger charge is -2.40. The smallest absolute Gasteiger partial charge is 0.0218 e. The third-order valence-corrected chi connectivity index (χ3v) is 5.35. The average molecular weight is 252 g/mol. The Morgan fingerprint density at radius 2 is 1.89 bits per heavy atom. The Kier molecular flexibility index (Phi) is 5.08. The summed E-state index contributed by atoms with van der Waals surface area (Å²) in [7, 11) is 0. The summed E-state index contributed by atoms with van der Waals surface area (Å²) in [4.78, 5) is 2.80. The molecule has 18 heavy (non-hydrogen) atoms. The SMILES string of the molecule is CC(C)C1CN(C2CCC(C)C(C)C2)CCCN1. The molecule has 4 unspecified atom stereocenters. The van der Waals surface area contributed by atoms with E-state index in [9.17, 15) is 0 Å². The number of nitrogens with one attached hydrogen (secondary N) is 1. The van der Waals surface area contributed by atoms with Crippen LogP contribution in [0.3, 0.4) is 0 Å². The van der Waals surface area contributed by atoms with Crippen LogP contribution in [0.1, 0.15) is 53.4 Å². The van der Waals surface area contributed by atoms with E-state index in [2.05, 4.69) is 37.9 Å². The second-order valence-electron chi connectivity index (χ2n) is 7.07. The van der Waals surface area contributed by atoms with Gasteiger partial charge in [-0.05, 0) is 56.5 Å². The Labute approximate surface area is 114 Å². The van der Waals surface area contributed by atoms with Crippen molar-refractivity contribution in [3.8, 4) is 0 Å². The van der Waals surface area contributed by atoms with Crippen molar-refractivity contribution in [3.05, 3.63) is 0 Å². The van der Waals surface area contributed by atoms with Gasteiger partial charge in [-0.2, -0.15) is 0 Å². The molecule has 0 aromatic heterocycles. The summed E-state index contributed by atoms with van der Waals surface area (Å²) in [5.41, 5.74) is 0. The fraction of sp³-hybridized carbons (Fsp3) is 1.00. The molecule has 0 spiro atoms. The molecule has 2 heteroatoms. The maximum absolute atomic E-state index is 3.73. The van der Waals surface area contributed by atoms with Crippen LogP contribution in [0.4, 0.5) is 0 Å². The lowest BCUT2D eigenvalue weighted by Crippen LogP contribution is -2.47. The van der Waals surface area contributed by atoms with E-state index in [1.165, 1.54) is 45.3 Å². The first-order valence-corrected chi connectivity index (χ1v) is 8.05. The van der Waals surface area contributed by atoms with Crippen LogP contribution in [0.2, 0.25) is 0 Å². The summed E-state index contributed by atoms with van der Waals surface area (Å²) in [6, 6.07) is 1.56. The zero-order valence-corrected chi connectivity index (χ0v) is 12.8. The maximum Gasteiger partial charge on any atom is 0.0218 e. The molecule has 0 radical (unpaired) electrons. The van der Waals surface area contributed by atoms with Crippen molar-refractivity contribution in [2.24, 2.45) is 17.8 Å². The molecule has 2 nitrogen and oxygen atoms in total. The lowest BCUT2D eigenvalue weighted by atomic mass is 9.78. The summed E-state index contributed by atoms with van der Waals surface area (Å²) in [6.45, 7) is 13.4. The number of nitrogens with zero attached hydrogens (tertiary/aromatic N) is 1. The Bertz CT molecular complexity index is 251. The molecule has 1 N–H and O–H groups in total. The topological polar surface area (TPSA) is 15.3 Å². The van der Waals surface area contributed by atoms with Crippen molar-refractivity contribution >= 4 is 0 Å². The minimum Gasteiger partial charge on any atom is -0.312 e. The summed E-state index contributed by atoms with van der Waals surface area (Å²) in [5, 5.41) is 3.73. The molecule has 0 amide bonds. The van der Waals surface area contributed by atoms with E-state index in [-0.39, 0.29) is 0 Å². The van der Waals surface area contributed by atoms with Crippen molar-refractivity contribution < 1.29 is 0 Å². The molecule has 1 aliphatic carbocycles. The van der Waals surface area contributed by atoms with Crippen LogP contribution in [0.25, 0.3) is 0 Å². The molecule has 1 aliphatic heterocycles. The average Bonchev–Trinajstić information content (AvgIpc) is 2.58. The van der Waals surface area contributed by atoms with Crippen LogP contribution in [-0.4, -0.2) is 36.6 Å². The van der Waals surface area contributed by atoms with Crippen LogP contribution in [0.5, 0.6) is 0 Å². The number of hydrogen-bond acceptors (Lipinski definition) is 2. The van der Waals surface area contributed by atoms with E-state index < -0.39 is 0 Å². The van der Waals surface area contributed by atoms with Gasteiger partial charge in [0.25, 0.3) is 0 Å². The highest BCUT2D eigenvalue weighted by Crippen LogP contribution is 2.32. The largest absolute Gasteiger partial charge is 0.312 e. The Morgan fingerprint density at radius 3 is 2.56 bits per heavy atom. The third-order valence-electron chi connectivity index (χ3n) is 5.35. The Hall–Kier alpha value is -0.0800. The summed E-state index contributed by atoms with van der Waals surface area (Å²) >= 11 is 0. The van der Waals surface area contributed by atoms with Gasteiger partial charge in [0.15, 0.2) is 0 Å². The van der Waals surface area contributed by atoms with Gasteiger partial charge >= 0.3 is 0 Å². The van der Waals surface area contributed by atoms with Crippen molar-refractivity contribution in [1.82, 2.24) is 10.2 Å². The molecule has 4 atom stereocenters. The Morgan fingerprint density at radius 1 is 1.11 bits per heavy atom. The number of rotatable bonds is 2. The molecule has 1 saturated carbocycles. The van der Waals surface area contributed by atoms with Gasteiger partial charge in [-0.25, -0.2) is 0 Å². The Balaban J connectivity index is 1.94. The molecule has 2 rings (SSSR count). The van der Waals surface area contributed by atoms with E-state index in [0.717, 1.165) is 23.8 Å². The van der Waals surface area contributed by atoms with Gasteiger partial charge in [0, 0.05) is 18.6 Å². The van der Waals surface area contributed by atoms with Crippen molar-refractivity contribution in [1.29, 1.82) is 0 Å². The van der Waals surface area contributed by atoms with Crippen LogP contribution in [0, 0.1) is 17.8 Å². The molecule has 2 aliphatic rings. The standard InChI is InChI=1S/C16H32N2/c1-12(2)16-11-18(9-5-8-17-16)15-7-6-13(3)14(4)10-15/h12-17H,5-11H2,1-4H3. The van der Waals surface area contributed by atoms with E-state index in [4.69, 9.17) is 0 Å². The number of hydrogen-bond donors (Lipinski definition) is 1. The zero-order valence-electron chi connectivity index (χ0n) is 12.8. The van der Waals surface area contributed by atoms with Crippen LogP contribution in [0.15, 0.2) is 0 Å². The third kappa shape index (κ3) is 3.48. The fourth-order valence-electron chi connectivity index (χ4n) is 3.61. The minimum atomic E-state index is 0.696. The first-order chi connectivity index (χ1) is 8.58. The predicted octanol–water partition coefficient (Wildman–Crippen LogP) is 3.13. The molecule has 0 aromatic rings. The molecule has 0 bridgehead atoms. The highest BCUT2D eigenvalue weighted by Gasteiger charge is 2.31. The van der Waals surface area contributed by atoms with E-state index >= 15 is 0 Å². The second-order valence-corrected chi connectivity index (χ2v) is 7.07. The van der Waals surface area contributed by atoms with Gasteiger partial charge in [-0.3, -0.25) is 4.90 Å². The molecular formula is C16H32N2. The summed E-state index contributed by atoms with van der Waals surface area (Å²) in [5.74, 6) is 2.61. The van der Waals surface area contributed by atoms with Crippen LogP contribution >= 0.6 is 0 Å². The highest BCUT2D eigenvalue weighted by atomic mass is 15.2. The van der Waals surface area contributed by atoms with E-state index in [1.807, 2.05) is 0 Å². The van der Waals surface area contributed by atoms with Gasteiger partial charge in [0.1, 0.15) is 0 Å².